The van der Waals surface area contributed by atoms with Crippen LogP contribution in [-0.2, 0) is 0 Å². The maximum Gasteiger partial charge on any atom is 0.191 e. The van der Waals surface area contributed by atoms with Gasteiger partial charge in [0.1, 0.15) is 0 Å². The zero-order valence-electron chi connectivity index (χ0n) is 13.6. The summed E-state index contributed by atoms with van der Waals surface area (Å²) >= 11 is 0. The van der Waals surface area contributed by atoms with Crippen LogP contribution in [0.2, 0.25) is 0 Å². The van der Waals surface area contributed by atoms with Crippen molar-refractivity contribution in [3.05, 3.63) is 0 Å². The van der Waals surface area contributed by atoms with E-state index in [-0.39, 0.29) is 24.0 Å². The van der Waals surface area contributed by atoms with Gasteiger partial charge in [0, 0.05) is 26.2 Å². The maximum absolute atomic E-state index is 4.61. The molecule has 120 valence electrons. The van der Waals surface area contributed by atoms with Crippen LogP contribution in [0.1, 0.15) is 40.5 Å². The number of hydrogen-bond acceptors (Lipinski definition) is 2. The van der Waals surface area contributed by atoms with Crippen molar-refractivity contribution in [3.8, 4) is 0 Å². The van der Waals surface area contributed by atoms with E-state index in [4.69, 9.17) is 0 Å². The van der Waals surface area contributed by atoms with Crippen molar-refractivity contribution in [1.29, 1.82) is 0 Å². The molecule has 1 aliphatic heterocycles. The minimum absolute atomic E-state index is 0. The Morgan fingerprint density at radius 2 is 2.05 bits per heavy atom. The minimum Gasteiger partial charge on any atom is -0.357 e. The molecule has 20 heavy (non-hydrogen) atoms. The van der Waals surface area contributed by atoms with E-state index in [1.165, 1.54) is 32.5 Å². The fourth-order valence-corrected chi connectivity index (χ4v) is 2.46. The van der Waals surface area contributed by atoms with Crippen molar-refractivity contribution >= 4 is 29.9 Å². The Labute approximate surface area is 142 Å². The second kappa shape index (κ2) is 11.6. The molecule has 1 atom stereocenters. The van der Waals surface area contributed by atoms with E-state index in [9.17, 15) is 0 Å². The Kier molecular flexibility index (Phi) is 11.6. The first-order valence-electron chi connectivity index (χ1n) is 7.90. The SMILES string of the molecule is CCCN1CCC(CNC(=NCC(C)C)NCC)C1.I. The molecule has 2 N–H and O–H groups in total. The number of guanidine groups is 1. The van der Waals surface area contributed by atoms with Gasteiger partial charge in [-0.25, -0.2) is 0 Å². The fourth-order valence-electron chi connectivity index (χ4n) is 2.46. The number of likely N-dealkylation sites (tertiary alicyclic amines) is 1. The quantitative estimate of drug-likeness (QED) is 0.395. The molecule has 0 saturated carbocycles. The summed E-state index contributed by atoms with van der Waals surface area (Å²) in [6.45, 7) is 15.4. The predicted molar refractivity (Wildman–Crippen MR) is 99.1 cm³/mol. The third-order valence-electron chi connectivity index (χ3n) is 3.43. The summed E-state index contributed by atoms with van der Waals surface area (Å²) in [6.07, 6.45) is 2.58. The highest BCUT2D eigenvalue weighted by Crippen LogP contribution is 2.15. The van der Waals surface area contributed by atoms with Gasteiger partial charge in [0.05, 0.1) is 0 Å². The van der Waals surface area contributed by atoms with Crippen molar-refractivity contribution < 1.29 is 0 Å². The zero-order chi connectivity index (χ0) is 14.1. The molecule has 0 aromatic carbocycles. The summed E-state index contributed by atoms with van der Waals surface area (Å²) in [6, 6.07) is 0. The molecular formula is C15H33IN4. The lowest BCUT2D eigenvalue weighted by Gasteiger charge is -2.17. The van der Waals surface area contributed by atoms with Gasteiger partial charge in [0.2, 0.25) is 0 Å². The highest BCUT2D eigenvalue weighted by atomic mass is 127. The van der Waals surface area contributed by atoms with Crippen molar-refractivity contribution in [2.75, 3.05) is 39.3 Å². The van der Waals surface area contributed by atoms with Gasteiger partial charge in [0.15, 0.2) is 5.96 Å². The predicted octanol–water partition coefficient (Wildman–Crippen LogP) is 2.55. The minimum atomic E-state index is 0. The monoisotopic (exact) mass is 396 g/mol. The van der Waals surface area contributed by atoms with E-state index in [0.29, 0.717) is 5.92 Å². The van der Waals surface area contributed by atoms with Crippen LogP contribution in [0, 0.1) is 11.8 Å². The smallest absolute Gasteiger partial charge is 0.191 e. The number of aliphatic imine (C=N–C) groups is 1. The van der Waals surface area contributed by atoms with Crippen molar-refractivity contribution in [1.82, 2.24) is 15.5 Å². The van der Waals surface area contributed by atoms with Crippen LogP contribution in [0.25, 0.3) is 0 Å². The van der Waals surface area contributed by atoms with E-state index >= 15 is 0 Å². The molecule has 0 radical (unpaired) electrons. The molecular weight excluding hydrogens is 363 g/mol. The van der Waals surface area contributed by atoms with E-state index in [1.807, 2.05) is 0 Å². The molecule has 4 nitrogen and oxygen atoms in total. The molecule has 1 heterocycles. The highest BCUT2D eigenvalue weighted by Gasteiger charge is 2.21. The van der Waals surface area contributed by atoms with Crippen LogP contribution < -0.4 is 10.6 Å². The van der Waals surface area contributed by atoms with Crippen LogP contribution in [0.5, 0.6) is 0 Å². The number of halogens is 1. The Bertz CT molecular complexity index is 269. The summed E-state index contributed by atoms with van der Waals surface area (Å²) in [5.74, 6) is 2.36. The third-order valence-corrected chi connectivity index (χ3v) is 3.43. The number of nitrogens with one attached hydrogen (secondary N) is 2. The topological polar surface area (TPSA) is 39.7 Å². The van der Waals surface area contributed by atoms with Gasteiger partial charge in [-0.3, -0.25) is 4.99 Å². The Balaban J connectivity index is 0.00000361. The summed E-state index contributed by atoms with van der Waals surface area (Å²) in [4.78, 5) is 7.18. The first-order chi connectivity index (χ1) is 9.15. The van der Waals surface area contributed by atoms with Crippen molar-refractivity contribution in [2.45, 2.75) is 40.5 Å². The zero-order valence-corrected chi connectivity index (χ0v) is 15.9. The second-order valence-corrected chi connectivity index (χ2v) is 5.95. The summed E-state index contributed by atoms with van der Waals surface area (Å²) in [5.41, 5.74) is 0. The molecule has 0 aromatic rings. The molecule has 1 saturated heterocycles. The number of hydrogen-bond donors (Lipinski definition) is 2. The van der Waals surface area contributed by atoms with Gasteiger partial charge < -0.3 is 15.5 Å². The van der Waals surface area contributed by atoms with E-state index in [0.717, 1.165) is 31.5 Å². The van der Waals surface area contributed by atoms with Gasteiger partial charge in [0.25, 0.3) is 0 Å². The van der Waals surface area contributed by atoms with Crippen molar-refractivity contribution in [2.24, 2.45) is 16.8 Å². The normalized spacial score (nSPS) is 20.1. The molecule has 0 spiro atoms. The Morgan fingerprint density at radius 3 is 2.65 bits per heavy atom. The van der Waals surface area contributed by atoms with Crippen LogP contribution in [0.15, 0.2) is 4.99 Å². The van der Waals surface area contributed by atoms with Crippen LogP contribution in [0.4, 0.5) is 0 Å². The highest BCUT2D eigenvalue weighted by molar-refractivity contribution is 14.0. The van der Waals surface area contributed by atoms with Crippen LogP contribution in [0.3, 0.4) is 0 Å². The number of nitrogens with zero attached hydrogens (tertiary/aromatic N) is 2. The summed E-state index contributed by atoms with van der Waals surface area (Å²) in [5, 5.41) is 6.82. The molecule has 1 fully saturated rings. The average Bonchev–Trinajstić information content (AvgIpc) is 2.81. The van der Waals surface area contributed by atoms with Gasteiger partial charge >= 0.3 is 0 Å². The lowest BCUT2D eigenvalue weighted by molar-refractivity contribution is 0.324. The first-order valence-corrected chi connectivity index (χ1v) is 7.90. The Hall–Kier alpha value is -0.0400. The van der Waals surface area contributed by atoms with Crippen molar-refractivity contribution in [3.63, 3.8) is 0 Å². The number of rotatable bonds is 7. The molecule has 0 amide bonds. The molecule has 1 aliphatic rings. The molecule has 1 rings (SSSR count). The van der Waals surface area contributed by atoms with Gasteiger partial charge in [-0.15, -0.1) is 24.0 Å². The third kappa shape index (κ3) is 8.29. The lowest BCUT2D eigenvalue weighted by atomic mass is 10.1. The molecule has 1 unspecified atom stereocenters. The fraction of sp³-hybridized carbons (Fsp3) is 0.933. The van der Waals surface area contributed by atoms with Crippen LogP contribution >= 0.6 is 24.0 Å². The van der Waals surface area contributed by atoms with Crippen LogP contribution in [-0.4, -0.2) is 50.1 Å². The lowest BCUT2D eigenvalue weighted by Crippen LogP contribution is -2.40. The van der Waals surface area contributed by atoms with E-state index in [1.54, 1.807) is 0 Å². The van der Waals surface area contributed by atoms with Gasteiger partial charge in [-0.05, 0) is 44.7 Å². The summed E-state index contributed by atoms with van der Waals surface area (Å²) < 4.78 is 0. The van der Waals surface area contributed by atoms with E-state index in [2.05, 4.69) is 48.2 Å². The average molecular weight is 396 g/mol. The Morgan fingerprint density at radius 1 is 1.30 bits per heavy atom. The maximum atomic E-state index is 4.61. The van der Waals surface area contributed by atoms with Gasteiger partial charge in [-0.2, -0.15) is 0 Å². The summed E-state index contributed by atoms with van der Waals surface area (Å²) in [7, 11) is 0. The molecule has 0 aliphatic carbocycles. The largest absolute Gasteiger partial charge is 0.357 e. The van der Waals surface area contributed by atoms with E-state index < -0.39 is 0 Å². The first kappa shape index (κ1) is 20.0. The van der Waals surface area contributed by atoms with Gasteiger partial charge in [-0.1, -0.05) is 20.8 Å². The standard InChI is InChI=1S/C15H32N4.HI/c1-5-8-19-9-7-14(12-19)11-18-15(16-6-2)17-10-13(3)4;/h13-14H,5-12H2,1-4H3,(H2,16,17,18);1H. The second-order valence-electron chi connectivity index (χ2n) is 5.95. The molecule has 0 aromatic heterocycles. The molecule has 0 bridgehead atoms. The molecule has 5 heteroatoms.